The molecule has 0 saturated heterocycles. The van der Waals surface area contributed by atoms with Crippen LogP contribution >= 0.6 is 27.3 Å². The number of alkyl halides is 1. The Morgan fingerprint density at radius 1 is 1.83 bits per heavy atom. The molecular weight excluding hydrogens is 234 g/mol. The van der Waals surface area contributed by atoms with Gasteiger partial charge in [0.1, 0.15) is 0 Å². The van der Waals surface area contributed by atoms with E-state index in [1.807, 2.05) is 11.6 Å². The van der Waals surface area contributed by atoms with Crippen LogP contribution in [0.5, 0.6) is 0 Å². The molecule has 0 radical (unpaired) electrons. The maximum absolute atomic E-state index is 4.25. The Bertz CT molecular complexity index is 245. The van der Waals surface area contributed by atoms with Crippen LogP contribution in [0.4, 0.5) is 0 Å². The number of rotatable bonds is 4. The maximum Gasteiger partial charge on any atom is 0.0794 e. The second kappa shape index (κ2) is 4.19. The van der Waals surface area contributed by atoms with Gasteiger partial charge in [-0.05, 0) is 0 Å². The Morgan fingerprint density at radius 2 is 2.58 bits per heavy atom. The molecule has 1 unspecified atom stereocenters. The molecular formula is C9H12BrNS. The number of aromatic nitrogens is 1. The van der Waals surface area contributed by atoms with Gasteiger partial charge in [-0.25, -0.2) is 4.98 Å². The summed E-state index contributed by atoms with van der Waals surface area (Å²) in [5.74, 6) is 0. The molecule has 0 aromatic carbocycles. The van der Waals surface area contributed by atoms with Crippen molar-refractivity contribution >= 4 is 27.3 Å². The molecule has 0 aliphatic heterocycles. The third kappa shape index (κ3) is 2.42. The molecule has 1 nitrogen and oxygen atoms in total. The van der Waals surface area contributed by atoms with E-state index in [0.717, 1.165) is 17.4 Å². The number of hydrogen-bond acceptors (Lipinski definition) is 2. The van der Waals surface area contributed by atoms with Crippen molar-refractivity contribution in [2.75, 3.05) is 5.33 Å². The molecule has 3 heteroatoms. The second-order valence-electron chi connectivity index (χ2n) is 3.15. The minimum atomic E-state index is 0.133. The largest absolute Gasteiger partial charge is 0.250 e. The third-order valence-corrected chi connectivity index (χ3v) is 3.78. The summed E-state index contributed by atoms with van der Waals surface area (Å²) in [6.45, 7) is 6.00. The van der Waals surface area contributed by atoms with E-state index in [1.165, 1.54) is 0 Å². The highest BCUT2D eigenvalue weighted by atomic mass is 79.9. The monoisotopic (exact) mass is 245 g/mol. The predicted molar refractivity (Wildman–Crippen MR) is 57.9 cm³/mol. The van der Waals surface area contributed by atoms with Crippen LogP contribution in [0.2, 0.25) is 0 Å². The van der Waals surface area contributed by atoms with Gasteiger partial charge >= 0.3 is 0 Å². The maximum atomic E-state index is 4.25. The highest BCUT2D eigenvalue weighted by Crippen LogP contribution is 2.25. The molecule has 12 heavy (non-hydrogen) atoms. The minimum absolute atomic E-state index is 0.133. The molecule has 0 aliphatic rings. The molecule has 0 amide bonds. The lowest BCUT2D eigenvalue weighted by molar-refractivity contribution is 0.488. The predicted octanol–water partition coefficient (Wildman–Crippen LogP) is 3.27. The van der Waals surface area contributed by atoms with Crippen LogP contribution in [0, 0.1) is 5.41 Å². The van der Waals surface area contributed by atoms with Crippen LogP contribution in [0.25, 0.3) is 0 Å². The lowest BCUT2D eigenvalue weighted by atomic mass is 9.88. The zero-order valence-electron chi connectivity index (χ0n) is 7.09. The number of halogens is 1. The van der Waals surface area contributed by atoms with E-state index in [4.69, 9.17) is 0 Å². The highest BCUT2D eigenvalue weighted by molar-refractivity contribution is 9.09. The second-order valence-corrected chi connectivity index (χ2v) is 4.43. The Labute approximate surface area is 85.7 Å². The summed E-state index contributed by atoms with van der Waals surface area (Å²) >= 11 is 5.12. The van der Waals surface area contributed by atoms with Crippen molar-refractivity contribution in [1.82, 2.24) is 4.98 Å². The van der Waals surface area contributed by atoms with E-state index >= 15 is 0 Å². The SMILES string of the molecule is C=CC(C)(CBr)Cc1cscn1. The van der Waals surface area contributed by atoms with Gasteiger partial charge in [0, 0.05) is 22.5 Å². The van der Waals surface area contributed by atoms with Gasteiger partial charge in [0.2, 0.25) is 0 Å². The quantitative estimate of drug-likeness (QED) is 0.587. The molecule has 0 fully saturated rings. The van der Waals surface area contributed by atoms with Gasteiger partial charge in [-0.15, -0.1) is 17.9 Å². The molecule has 66 valence electrons. The van der Waals surface area contributed by atoms with Crippen LogP contribution in [0.15, 0.2) is 23.5 Å². The van der Waals surface area contributed by atoms with Crippen molar-refractivity contribution in [1.29, 1.82) is 0 Å². The van der Waals surface area contributed by atoms with E-state index in [1.54, 1.807) is 11.3 Å². The standard InChI is InChI=1S/C9H12BrNS/c1-3-9(2,6-10)4-8-5-12-7-11-8/h3,5,7H,1,4,6H2,2H3. The molecule has 0 saturated carbocycles. The topological polar surface area (TPSA) is 12.9 Å². The summed E-state index contributed by atoms with van der Waals surface area (Å²) in [6.07, 6.45) is 2.95. The fourth-order valence-electron chi connectivity index (χ4n) is 0.913. The van der Waals surface area contributed by atoms with E-state index < -0.39 is 0 Å². The molecule has 0 spiro atoms. The molecule has 1 aromatic rings. The summed E-state index contributed by atoms with van der Waals surface area (Å²) < 4.78 is 0. The van der Waals surface area contributed by atoms with Crippen LogP contribution in [-0.2, 0) is 6.42 Å². The van der Waals surface area contributed by atoms with Gasteiger partial charge in [0.15, 0.2) is 0 Å². The fourth-order valence-corrected chi connectivity index (χ4v) is 1.90. The average Bonchev–Trinajstić information content (AvgIpc) is 2.57. The average molecular weight is 246 g/mol. The number of allylic oxidation sites excluding steroid dienone is 1. The van der Waals surface area contributed by atoms with Crippen molar-refractivity contribution < 1.29 is 0 Å². The van der Waals surface area contributed by atoms with Gasteiger partial charge < -0.3 is 0 Å². The molecule has 1 heterocycles. The van der Waals surface area contributed by atoms with Gasteiger partial charge in [0.05, 0.1) is 11.2 Å². The number of hydrogen-bond donors (Lipinski definition) is 0. The normalized spacial score (nSPS) is 15.5. The van der Waals surface area contributed by atoms with Gasteiger partial charge in [-0.2, -0.15) is 0 Å². The Balaban J connectivity index is 2.66. The van der Waals surface area contributed by atoms with E-state index in [9.17, 15) is 0 Å². The van der Waals surface area contributed by atoms with Crippen LogP contribution in [-0.4, -0.2) is 10.3 Å². The van der Waals surface area contributed by atoms with Crippen LogP contribution in [0.3, 0.4) is 0 Å². The first-order valence-electron chi connectivity index (χ1n) is 3.77. The lowest BCUT2D eigenvalue weighted by Gasteiger charge is -2.21. The lowest BCUT2D eigenvalue weighted by Crippen LogP contribution is -2.18. The molecule has 0 bridgehead atoms. The van der Waals surface area contributed by atoms with Gasteiger partial charge in [-0.3, -0.25) is 0 Å². The molecule has 0 N–H and O–H groups in total. The Hall–Kier alpha value is -0.150. The van der Waals surface area contributed by atoms with E-state index in [-0.39, 0.29) is 5.41 Å². The van der Waals surface area contributed by atoms with E-state index in [0.29, 0.717) is 0 Å². The molecule has 0 aliphatic carbocycles. The molecule has 1 atom stereocenters. The third-order valence-electron chi connectivity index (χ3n) is 1.87. The number of thiazole rings is 1. The Morgan fingerprint density at radius 3 is 3.00 bits per heavy atom. The first-order valence-corrected chi connectivity index (χ1v) is 5.83. The first kappa shape index (κ1) is 9.93. The highest BCUT2D eigenvalue weighted by Gasteiger charge is 2.19. The van der Waals surface area contributed by atoms with Crippen LogP contribution in [0.1, 0.15) is 12.6 Å². The van der Waals surface area contributed by atoms with E-state index in [2.05, 4.69) is 39.8 Å². The summed E-state index contributed by atoms with van der Waals surface area (Å²) in [5.41, 5.74) is 3.16. The van der Waals surface area contributed by atoms with Crippen molar-refractivity contribution in [2.45, 2.75) is 13.3 Å². The van der Waals surface area contributed by atoms with Crippen molar-refractivity contribution in [2.24, 2.45) is 5.41 Å². The molecule has 1 aromatic heterocycles. The zero-order valence-corrected chi connectivity index (χ0v) is 9.49. The summed E-state index contributed by atoms with van der Waals surface area (Å²) in [7, 11) is 0. The summed E-state index contributed by atoms with van der Waals surface area (Å²) in [4.78, 5) is 4.25. The Kier molecular flexibility index (Phi) is 3.47. The van der Waals surface area contributed by atoms with Gasteiger partial charge in [0.25, 0.3) is 0 Å². The zero-order chi connectivity index (χ0) is 9.03. The first-order chi connectivity index (χ1) is 5.70. The molecule has 1 rings (SSSR count). The smallest absolute Gasteiger partial charge is 0.0794 e. The summed E-state index contributed by atoms with van der Waals surface area (Å²) in [6, 6.07) is 0. The van der Waals surface area contributed by atoms with Crippen molar-refractivity contribution in [3.63, 3.8) is 0 Å². The number of nitrogens with zero attached hydrogens (tertiary/aromatic N) is 1. The van der Waals surface area contributed by atoms with Crippen LogP contribution < -0.4 is 0 Å². The minimum Gasteiger partial charge on any atom is -0.250 e. The van der Waals surface area contributed by atoms with Crippen molar-refractivity contribution in [3.05, 3.63) is 29.2 Å². The fraction of sp³-hybridized carbons (Fsp3) is 0.444. The summed E-state index contributed by atoms with van der Waals surface area (Å²) in [5, 5.41) is 3.02. The van der Waals surface area contributed by atoms with Gasteiger partial charge in [-0.1, -0.05) is 28.9 Å². The van der Waals surface area contributed by atoms with Crippen molar-refractivity contribution in [3.8, 4) is 0 Å².